The molecule has 132 valence electrons. The zero-order chi connectivity index (χ0) is 16.9. The summed E-state index contributed by atoms with van der Waals surface area (Å²) in [5, 5.41) is 0.609. The summed E-state index contributed by atoms with van der Waals surface area (Å²) in [5.74, 6) is 10.6. The van der Waals surface area contributed by atoms with Gasteiger partial charge in [0.25, 0.3) is 0 Å². The number of nitrogens with zero attached hydrogens (tertiary/aromatic N) is 3. The summed E-state index contributed by atoms with van der Waals surface area (Å²) in [5.41, 5.74) is 9.93. The van der Waals surface area contributed by atoms with E-state index >= 15 is 0 Å². The number of rotatable bonds is 4. The zero-order valence-electron chi connectivity index (χ0n) is 12.2. The molecule has 0 spiro atoms. The average Bonchev–Trinajstić information content (AvgIpc) is 2.50. The molecule has 23 heavy (non-hydrogen) atoms. The predicted molar refractivity (Wildman–Crippen MR) is 85.8 cm³/mol. The van der Waals surface area contributed by atoms with E-state index < -0.39 is 36.3 Å². The summed E-state index contributed by atoms with van der Waals surface area (Å²) in [6, 6.07) is -3.62. The van der Waals surface area contributed by atoms with Crippen LogP contribution in [0.3, 0.4) is 0 Å². The molecule has 1 atom stereocenters. The van der Waals surface area contributed by atoms with E-state index in [1.54, 1.807) is 11.8 Å². The van der Waals surface area contributed by atoms with E-state index in [2.05, 4.69) is 0 Å². The fourth-order valence-electron chi connectivity index (χ4n) is 1.84. The SMILES string of the molecule is Cl.NC(=O)N(N)C(=O)C[C@@H](C(=O)N1CCSCC1)N(N)C(N)=O. The van der Waals surface area contributed by atoms with Gasteiger partial charge in [0.05, 0.1) is 6.42 Å². The molecule has 0 aromatic carbocycles. The van der Waals surface area contributed by atoms with Crippen molar-refractivity contribution in [2.75, 3.05) is 24.6 Å². The van der Waals surface area contributed by atoms with Gasteiger partial charge in [-0.3, -0.25) is 9.59 Å². The van der Waals surface area contributed by atoms with E-state index in [1.807, 2.05) is 0 Å². The van der Waals surface area contributed by atoms with Gasteiger partial charge in [0.2, 0.25) is 11.8 Å². The monoisotopic (exact) mass is 369 g/mol. The molecular formula is C10H20ClN7O4S. The van der Waals surface area contributed by atoms with E-state index in [0.717, 1.165) is 11.5 Å². The number of primary amides is 2. The van der Waals surface area contributed by atoms with Gasteiger partial charge >= 0.3 is 12.1 Å². The van der Waals surface area contributed by atoms with Crippen molar-refractivity contribution in [1.29, 1.82) is 0 Å². The van der Waals surface area contributed by atoms with Crippen molar-refractivity contribution in [2.45, 2.75) is 12.5 Å². The Morgan fingerprint density at radius 2 is 1.57 bits per heavy atom. The molecule has 0 radical (unpaired) electrons. The molecule has 8 N–H and O–H groups in total. The second-order valence-corrected chi connectivity index (χ2v) is 5.73. The summed E-state index contributed by atoms with van der Waals surface area (Å²) in [4.78, 5) is 47.8. The number of hydrogen-bond donors (Lipinski definition) is 4. The van der Waals surface area contributed by atoms with Crippen LogP contribution in [0.1, 0.15) is 6.42 Å². The van der Waals surface area contributed by atoms with Gasteiger partial charge in [-0.1, -0.05) is 0 Å². The number of amides is 6. The third kappa shape index (κ3) is 5.74. The first-order valence-electron chi connectivity index (χ1n) is 6.32. The van der Waals surface area contributed by atoms with Crippen molar-refractivity contribution in [1.82, 2.24) is 14.9 Å². The largest absolute Gasteiger partial charge is 0.350 e. The molecule has 11 nitrogen and oxygen atoms in total. The molecule has 0 aromatic heterocycles. The lowest BCUT2D eigenvalue weighted by Gasteiger charge is -2.33. The number of nitrogens with two attached hydrogens (primary N) is 4. The summed E-state index contributed by atoms with van der Waals surface area (Å²) in [7, 11) is 0. The molecule has 1 saturated heterocycles. The van der Waals surface area contributed by atoms with Crippen molar-refractivity contribution in [2.24, 2.45) is 23.2 Å². The molecule has 1 fully saturated rings. The minimum Gasteiger partial charge on any atom is -0.350 e. The van der Waals surface area contributed by atoms with Gasteiger partial charge in [0.1, 0.15) is 6.04 Å². The standard InChI is InChI=1S/C10H19N7O4S.ClH/c11-9(20)16(13)6(5-7(18)17(14)10(12)21)8(19)15-1-3-22-4-2-15;/h6H,1-5,13-14H2,(H2,11,20)(H2,12,21);1H/t6-;/m0./s1. The van der Waals surface area contributed by atoms with E-state index in [0.29, 0.717) is 18.1 Å². The molecule has 0 unspecified atom stereocenters. The molecule has 6 amide bonds. The number of carbonyl (C=O) groups is 4. The lowest BCUT2D eigenvalue weighted by molar-refractivity contribution is -0.140. The lowest BCUT2D eigenvalue weighted by Crippen LogP contribution is -2.59. The van der Waals surface area contributed by atoms with Gasteiger partial charge in [0, 0.05) is 24.6 Å². The number of hydrazine groups is 2. The molecule has 1 aliphatic rings. The highest BCUT2D eigenvalue weighted by Gasteiger charge is 2.34. The minimum absolute atomic E-state index is 0. The Bertz CT molecular complexity index is 474. The van der Waals surface area contributed by atoms with Crippen LogP contribution in [0.4, 0.5) is 9.59 Å². The summed E-state index contributed by atoms with van der Waals surface area (Å²) < 4.78 is 0. The van der Waals surface area contributed by atoms with Crippen molar-refractivity contribution < 1.29 is 19.2 Å². The van der Waals surface area contributed by atoms with Crippen LogP contribution in [0.5, 0.6) is 0 Å². The highest BCUT2D eigenvalue weighted by molar-refractivity contribution is 7.99. The number of thioether (sulfide) groups is 1. The third-order valence-corrected chi connectivity index (χ3v) is 4.01. The molecule has 1 rings (SSSR count). The zero-order valence-corrected chi connectivity index (χ0v) is 13.8. The molecule has 1 aliphatic heterocycles. The van der Waals surface area contributed by atoms with Gasteiger partial charge in [-0.05, 0) is 0 Å². The Morgan fingerprint density at radius 1 is 1.04 bits per heavy atom. The fraction of sp³-hybridized carbons (Fsp3) is 0.600. The lowest BCUT2D eigenvalue weighted by atomic mass is 10.1. The van der Waals surface area contributed by atoms with Crippen LogP contribution in [0, 0.1) is 0 Å². The summed E-state index contributed by atoms with van der Waals surface area (Å²) in [6.07, 6.45) is -0.596. The van der Waals surface area contributed by atoms with Crippen LogP contribution in [0.25, 0.3) is 0 Å². The van der Waals surface area contributed by atoms with Crippen LogP contribution in [0.2, 0.25) is 0 Å². The summed E-state index contributed by atoms with van der Waals surface area (Å²) >= 11 is 1.68. The first kappa shape index (κ1) is 21.2. The fourth-order valence-corrected chi connectivity index (χ4v) is 2.74. The average molecular weight is 370 g/mol. The highest BCUT2D eigenvalue weighted by Crippen LogP contribution is 2.13. The second-order valence-electron chi connectivity index (χ2n) is 4.51. The van der Waals surface area contributed by atoms with Crippen LogP contribution in [0.15, 0.2) is 0 Å². The number of hydrogen-bond acceptors (Lipinski definition) is 7. The molecule has 1 heterocycles. The van der Waals surface area contributed by atoms with E-state index in [-0.39, 0.29) is 17.4 Å². The molecule has 0 aliphatic carbocycles. The molecule has 0 bridgehead atoms. The maximum absolute atomic E-state index is 12.4. The predicted octanol–water partition coefficient (Wildman–Crippen LogP) is -2.22. The minimum atomic E-state index is -1.35. The van der Waals surface area contributed by atoms with Gasteiger partial charge in [-0.2, -0.15) is 16.8 Å². The second kappa shape index (κ2) is 9.39. The molecule has 0 saturated carbocycles. The van der Waals surface area contributed by atoms with Gasteiger partial charge in [-0.25, -0.2) is 26.3 Å². The molecule has 13 heteroatoms. The molecular weight excluding hydrogens is 350 g/mol. The van der Waals surface area contributed by atoms with Crippen molar-refractivity contribution in [3.8, 4) is 0 Å². The number of carbonyl (C=O) groups excluding carboxylic acids is 4. The highest BCUT2D eigenvalue weighted by atomic mass is 35.5. The first-order valence-corrected chi connectivity index (χ1v) is 7.48. The van der Waals surface area contributed by atoms with Gasteiger partial charge in [-0.15, -0.1) is 12.4 Å². The Morgan fingerprint density at radius 3 is 2.00 bits per heavy atom. The molecule has 0 aromatic rings. The Balaban J connectivity index is 0.00000484. The van der Waals surface area contributed by atoms with Gasteiger partial charge < -0.3 is 16.4 Å². The number of halogens is 1. The maximum atomic E-state index is 12.4. The van der Waals surface area contributed by atoms with E-state index in [9.17, 15) is 19.2 Å². The van der Waals surface area contributed by atoms with Crippen molar-refractivity contribution in [3.63, 3.8) is 0 Å². The van der Waals surface area contributed by atoms with Crippen molar-refractivity contribution >= 4 is 48.0 Å². The summed E-state index contributed by atoms with van der Waals surface area (Å²) in [6.45, 7) is 0.923. The number of urea groups is 2. The van der Waals surface area contributed by atoms with Crippen LogP contribution in [-0.4, -0.2) is 69.4 Å². The Kier molecular flexibility index (Phi) is 8.68. The van der Waals surface area contributed by atoms with E-state index in [4.69, 9.17) is 23.2 Å². The van der Waals surface area contributed by atoms with E-state index in [1.165, 1.54) is 4.90 Å². The Labute approximate surface area is 143 Å². The van der Waals surface area contributed by atoms with Crippen molar-refractivity contribution in [3.05, 3.63) is 0 Å². The topological polar surface area (TPSA) is 182 Å². The smallest absolute Gasteiger partial charge is 0.336 e. The normalized spacial score (nSPS) is 15.1. The van der Waals surface area contributed by atoms with Crippen LogP contribution >= 0.6 is 24.2 Å². The maximum Gasteiger partial charge on any atom is 0.336 e. The van der Waals surface area contributed by atoms with Crippen LogP contribution < -0.4 is 23.2 Å². The van der Waals surface area contributed by atoms with Crippen LogP contribution in [-0.2, 0) is 9.59 Å². The quantitative estimate of drug-likeness (QED) is 0.245. The third-order valence-electron chi connectivity index (χ3n) is 3.07. The Hall–Kier alpha value is -1.76. The number of imide groups is 1. The van der Waals surface area contributed by atoms with Gasteiger partial charge in [0.15, 0.2) is 0 Å². The first-order chi connectivity index (χ1) is 10.3.